The topological polar surface area (TPSA) is 44.4 Å². The van der Waals surface area contributed by atoms with Crippen LogP contribution in [0.15, 0.2) is 0 Å². The molecule has 1 aliphatic carbocycles. The van der Waals surface area contributed by atoms with E-state index in [-0.39, 0.29) is 11.9 Å². The number of rotatable bonds is 4. The Morgan fingerprint density at radius 1 is 1.19 bits per heavy atom. The van der Waals surface area contributed by atoms with Crippen LogP contribution in [0.2, 0.25) is 0 Å². The van der Waals surface area contributed by atoms with E-state index in [0.29, 0.717) is 5.92 Å². The zero-order chi connectivity index (χ0) is 14.7. The second-order valence-corrected chi connectivity index (χ2v) is 7.37. The van der Waals surface area contributed by atoms with Crippen LogP contribution in [0.1, 0.15) is 51.9 Å². The van der Waals surface area contributed by atoms with Crippen molar-refractivity contribution in [3.8, 4) is 0 Å². The van der Waals surface area contributed by atoms with E-state index >= 15 is 0 Å². The van der Waals surface area contributed by atoms with Crippen molar-refractivity contribution in [3.63, 3.8) is 0 Å². The first-order chi connectivity index (χ1) is 10.2. The second kappa shape index (κ2) is 7.10. The molecule has 3 rings (SSSR count). The van der Waals surface area contributed by atoms with Gasteiger partial charge in [-0.05, 0) is 63.5 Å². The minimum Gasteiger partial charge on any atom is -0.354 e. The fourth-order valence-electron chi connectivity index (χ4n) is 4.51. The fourth-order valence-corrected chi connectivity index (χ4v) is 4.51. The minimum absolute atomic E-state index is 0.0690. The molecule has 2 heterocycles. The van der Waals surface area contributed by atoms with Gasteiger partial charge in [-0.25, -0.2) is 0 Å². The average Bonchev–Trinajstić information content (AvgIpc) is 3.16. The van der Waals surface area contributed by atoms with Crippen molar-refractivity contribution in [2.24, 2.45) is 11.8 Å². The molecule has 2 saturated heterocycles. The molecule has 4 nitrogen and oxygen atoms in total. The number of hydrogen-bond acceptors (Lipinski definition) is 3. The highest BCUT2D eigenvalue weighted by Gasteiger charge is 2.32. The second-order valence-electron chi connectivity index (χ2n) is 7.37. The normalized spacial score (nSPS) is 37.8. The highest BCUT2D eigenvalue weighted by molar-refractivity contribution is 5.81. The Kier molecular flexibility index (Phi) is 5.17. The Morgan fingerprint density at radius 2 is 2.10 bits per heavy atom. The first-order valence-electron chi connectivity index (χ1n) is 8.99. The molecule has 3 aliphatic rings. The van der Waals surface area contributed by atoms with Crippen LogP contribution in [0.5, 0.6) is 0 Å². The SMILES string of the molecule is CC1CCCC1N1CCCC(CNC(=O)C2CCCN2)C1. The summed E-state index contributed by atoms with van der Waals surface area (Å²) in [6.45, 7) is 6.73. The molecule has 21 heavy (non-hydrogen) atoms. The molecule has 4 atom stereocenters. The lowest BCUT2D eigenvalue weighted by atomic mass is 9.94. The van der Waals surface area contributed by atoms with Gasteiger partial charge in [-0.3, -0.25) is 9.69 Å². The van der Waals surface area contributed by atoms with Gasteiger partial charge in [0.2, 0.25) is 5.91 Å². The molecule has 0 aromatic rings. The molecule has 0 radical (unpaired) electrons. The van der Waals surface area contributed by atoms with E-state index in [1.165, 1.54) is 45.2 Å². The van der Waals surface area contributed by atoms with Crippen LogP contribution in [0, 0.1) is 11.8 Å². The number of amides is 1. The number of carbonyl (C=O) groups is 1. The molecule has 1 amide bonds. The molecule has 0 aromatic heterocycles. The Bertz CT molecular complexity index is 354. The molecule has 120 valence electrons. The number of likely N-dealkylation sites (tertiary alicyclic amines) is 1. The summed E-state index contributed by atoms with van der Waals surface area (Å²) in [6, 6.07) is 0.875. The maximum Gasteiger partial charge on any atom is 0.237 e. The fraction of sp³-hybridized carbons (Fsp3) is 0.941. The minimum atomic E-state index is 0.0690. The molecule has 2 N–H and O–H groups in total. The van der Waals surface area contributed by atoms with Gasteiger partial charge < -0.3 is 10.6 Å². The van der Waals surface area contributed by atoms with Gasteiger partial charge in [-0.1, -0.05) is 13.3 Å². The summed E-state index contributed by atoms with van der Waals surface area (Å²) in [4.78, 5) is 14.8. The van der Waals surface area contributed by atoms with Crippen molar-refractivity contribution in [1.82, 2.24) is 15.5 Å². The lowest BCUT2D eigenvalue weighted by Gasteiger charge is -2.38. The number of nitrogens with one attached hydrogen (secondary N) is 2. The molecule has 4 unspecified atom stereocenters. The lowest BCUT2D eigenvalue weighted by molar-refractivity contribution is -0.123. The van der Waals surface area contributed by atoms with E-state index in [9.17, 15) is 4.79 Å². The highest BCUT2D eigenvalue weighted by Crippen LogP contribution is 2.32. The van der Waals surface area contributed by atoms with Gasteiger partial charge in [-0.15, -0.1) is 0 Å². The average molecular weight is 293 g/mol. The first kappa shape index (κ1) is 15.3. The Balaban J connectivity index is 1.44. The maximum atomic E-state index is 12.1. The van der Waals surface area contributed by atoms with Crippen LogP contribution in [0.3, 0.4) is 0 Å². The third-order valence-corrected chi connectivity index (χ3v) is 5.78. The van der Waals surface area contributed by atoms with Crippen molar-refractivity contribution >= 4 is 5.91 Å². The zero-order valence-corrected chi connectivity index (χ0v) is 13.4. The number of piperidine rings is 1. The van der Waals surface area contributed by atoms with Crippen LogP contribution in [0.25, 0.3) is 0 Å². The first-order valence-corrected chi connectivity index (χ1v) is 8.99. The Labute approximate surface area is 129 Å². The predicted octanol–water partition coefficient (Wildman–Crippen LogP) is 1.76. The number of carbonyl (C=O) groups excluding carboxylic acids is 1. The summed E-state index contributed by atoms with van der Waals surface area (Å²) < 4.78 is 0. The van der Waals surface area contributed by atoms with Crippen LogP contribution in [0.4, 0.5) is 0 Å². The molecule has 0 aromatic carbocycles. The third-order valence-electron chi connectivity index (χ3n) is 5.78. The molecule has 0 spiro atoms. The molecule has 0 bridgehead atoms. The van der Waals surface area contributed by atoms with Crippen molar-refractivity contribution in [1.29, 1.82) is 0 Å². The third kappa shape index (κ3) is 3.78. The predicted molar refractivity (Wildman–Crippen MR) is 85.1 cm³/mol. The van der Waals surface area contributed by atoms with Crippen molar-refractivity contribution in [2.45, 2.75) is 64.0 Å². The van der Waals surface area contributed by atoms with Crippen molar-refractivity contribution in [3.05, 3.63) is 0 Å². The summed E-state index contributed by atoms with van der Waals surface area (Å²) in [7, 11) is 0. The van der Waals surface area contributed by atoms with E-state index in [0.717, 1.165) is 37.9 Å². The maximum absolute atomic E-state index is 12.1. The summed E-state index contributed by atoms with van der Waals surface area (Å²) in [5.74, 6) is 1.73. The van der Waals surface area contributed by atoms with E-state index in [2.05, 4.69) is 22.5 Å². The monoisotopic (exact) mass is 293 g/mol. The van der Waals surface area contributed by atoms with Gasteiger partial charge in [0, 0.05) is 19.1 Å². The number of nitrogens with zero attached hydrogens (tertiary/aromatic N) is 1. The van der Waals surface area contributed by atoms with E-state index in [1.54, 1.807) is 0 Å². The molecule has 4 heteroatoms. The van der Waals surface area contributed by atoms with Gasteiger partial charge in [0.25, 0.3) is 0 Å². The van der Waals surface area contributed by atoms with E-state index in [1.807, 2.05) is 0 Å². The summed E-state index contributed by atoms with van der Waals surface area (Å²) in [5, 5.41) is 6.47. The largest absolute Gasteiger partial charge is 0.354 e. The summed E-state index contributed by atoms with van der Waals surface area (Å²) >= 11 is 0. The molecular formula is C17H31N3O. The van der Waals surface area contributed by atoms with Crippen LogP contribution >= 0.6 is 0 Å². The smallest absolute Gasteiger partial charge is 0.237 e. The summed E-state index contributed by atoms with van der Waals surface area (Å²) in [5.41, 5.74) is 0. The lowest BCUT2D eigenvalue weighted by Crippen LogP contribution is -2.48. The highest BCUT2D eigenvalue weighted by atomic mass is 16.2. The van der Waals surface area contributed by atoms with Gasteiger partial charge in [-0.2, -0.15) is 0 Å². The molecule has 2 aliphatic heterocycles. The zero-order valence-electron chi connectivity index (χ0n) is 13.4. The van der Waals surface area contributed by atoms with Gasteiger partial charge in [0.1, 0.15) is 0 Å². The van der Waals surface area contributed by atoms with Gasteiger partial charge in [0.15, 0.2) is 0 Å². The van der Waals surface area contributed by atoms with Gasteiger partial charge in [0.05, 0.1) is 6.04 Å². The summed E-state index contributed by atoms with van der Waals surface area (Å²) in [6.07, 6.45) is 8.89. The molecule has 1 saturated carbocycles. The Hall–Kier alpha value is -0.610. The van der Waals surface area contributed by atoms with E-state index in [4.69, 9.17) is 0 Å². The quantitative estimate of drug-likeness (QED) is 0.830. The van der Waals surface area contributed by atoms with Crippen molar-refractivity contribution < 1.29 is 4.79 Å². The Morgan fingerprint density at radius 3 is 2.81 bits per heavy atom. The standard InChI is InChI=1S/C17H31N3O/c1-13-5-2-8-16(13)20-10-4-6-14(12-20)11-19-17(21)15-7-3-9-18-15/h13-16,18H,2-12H2,1H3,(H,19,21). The van der Waals surface area contributed by atoms with Crippen LogP contribution in [-0.2, 0) is 4.79 Å². The molecule has 3 fully saturated rings. The van der Waals surface area contributed by atoms with Crippen LogP contribution < -0.4 is 10.6 Å². The van der Waals surface area contributed by atoms with Crippen LogP contribution in [-0.4, -0.2) is 49.1 Å². The number of hydrogen-bond donors (Lipinski definition) is 2. The van der Waals surface area contributed by atoms with E-state index < -0.39 is 0 Å². The molecular weight excluding hydrogens is 262 g/mol. The van der Waals surface area contributed by atoms with Crippen molar-refractivity contribution in [2.75, 3.05) is 26.2 Å². The van der Waals surface area contributed by atoms with Gasteiger partial charge >= 0.3 is 0 Å².